The van der Waals surface area contributed by atoms with Crippen LogP contribution in [0.4, 0.5) is 0 Å². The number of hydrogen-bond donors (Lipinski definition) is 1. The summed E-state index contributed by atoms with van der Waals surface area (Å²) in [5.74, 6) is -0.318. The van der Waals surface area contributed by atoms with E-state index in [9.17, 15) is 4.79 Å². The van der Waals surface area contributed by atoms with Gasteiger partial charge in [0.1, 0.15) is 10.3 Å². The van der Waals surface area contributed by atoms with Crippen molar-refractivity contribution in [1.29, 1.82) is 0 Å². The second kappa shape index (κ2) is 6.01. The van der Waals surface area contributed by atoms with Crippen molar-refractivity contribution in [3.8, 4) is 0 Å². The maximum atomic E-state index is 11.8. The van der Waals surface area contributed by atoms with E-state index in [-0.39, 0.29) is 5.97 Å². The Bertz CT molecular complexity index is 533. The van der Waals surface area contributed by atoms with E-state index in [1.54, 1.807) is 6.20 Å². The van der Waals surface area contributed by atoms with E-state index in [0.29, 0.717) is 5.03 Å². The van der Waals surface area contributed by atoms with E-state index in [1.165, 1.54) is 18.9 Å². The van der Waals surface area contributed by atoms with Crippen LogP contribution in [-0.4, -0.2) is 28.5 Å². The fourth-order valence-electron chi connectivity index (χ4n) is 1.40. The average molecular weight is 328 g/mol. The third-order valence-corrected chi connectivity index (χ3v) is 3.83. The molecule has 1 aromatic heterocycles. The molecule has 0 unspecified atom stereocenters. The molecule has 0 saturated carbocycles. The first-order valence-corrected chi connectivity index (χ1v) is 6.73. The number of esters is 1. The van der Waals surface area contributed by atoms with Gasteiger partial charge in [-0.15, -0.1) is 5.10 Å². The Morgan fingerprint density at radius 1 is 1.56 bits per heavy atom. The molecule has 0 bridgehead atoms. The molecule has 0 aliphatic rings. The monoisotopic (exact) mass is 327 g/mol. The molecule has 0 radical (unpaired) electrons. The third kappa shape index (κ3) is 3.11. The molecule has 1 atom stereocenters. The van der Waals surface area contributed by atoms with Gasteiger partial charge in [-0.25, -0.2) is 0 Å². The molecule has 5 nitrogen and oxygen atoms in total. The molecule has 0 aliphatic heterocycles. The van der Waals surface area contributed by atoms with E-state index < -0.39 is 5.25 Å². The van der Waals surface area contributed by atoms with Gasteiger partial charge in [0.25, 0.3) is 0 Å². The fraction of sp³-hybridized carbons (Fsp3) is 0.182. The van der Waals surface area contributed by atoms with Crippen LogP contribution >= 0.6 is 27.7 Å². The Hall–Kier alpha value is -1.34. The largest absolute Gasteiger partial charge is 0.468 e. The van der Waals surface area contributed by atoms with E-state index >= 15 is 0 Å². The van der Waals surface area contributed by atoms with Crippen LogP contribution in [-0.2, 0) is 9.53 Å². The number of thioether (sulfide) groups is 1. The highest BCUT2D eigenvalue weighted by molar-refractivity contribution is 9.10. The predicted octanol–water partition coefficient (Wildman–Crippen LogP) is 2.57. The van der Waals surface area contributed by atoms with Crippen LogP contribution in [0, 0.1) is 0 Å². The number of nitrogens with one attached hydrogen (secondary N) is 1. The number of carbonyl (C=O) groups excluding carboxylic acids is 1. The van der Waals surface area contributed by atoms with Crippen LogP contribution in [0.25, 0.3) is 0 Å². The zero-order valence-electron chi connectivity index (χ0n) is 9.46. The predicted molar refractivity (Wildman–Crippen MR) is 71.1 cm³/mol. The number of nitrogens with zero attached hydrogens (tertiary/aromatic N) is 2. The van der Waals surface area contributed by atoms with Gasteiger partial charge in [-0.05, 0) is 17.7 Å². The van der Waals surface area contributed by atoms with Gasteiger partial charge in [0.05, 0.1) is 13.3 Å². The molecular formula is C11H10BrN3O2S. The van der Waals surface area contributed by atoms with Crippen LogP contribution in [0.15, 0.2) is 40.0 Å². The second-order valence-electron chi connectivity index (χ2n) is 3.38. The summed E-state index contributed by atoms with van der Waals surface area (Å²) in [6.07, 6.45) is 1.57. The standard InChI is InChI=1S/C11H10BrN3O2S/c1-17-11(16)10(18-9-6-13-15-14-9)7-3-2-4-8(12)5-7/h2-6,10H,1H3,(H,13,14,15)/t10-/m0/s1. The summed E-state index contributed by atoms with van der Waals surface area (Å²) < 4.78 is 5.73. The van der Waals surface area contributed by atoms with Crippen LogP contribution in [0.1, 0.15) is 10.8 Å². The molecular weight excluding hydrogens is 318 g/mol. The Labute approximate surface area is 116 Å². The van der Waals surface area contributed by atoms with Gasteiger partial charge in [0.15, 0.2) is 0 Å². The zero-order chi connectivity index (χ0) is 13.0. The Balaban J connectivity index is 2.28. The van der Waals surface area contributed by atoms with Gasteiger partial charge in [-0.3, -0.25) is 4.79 Å². The highest BCUT2D eigenvalue weighted by atomic mass is 79.9. The molecule has 1 aromatic carbocycles. The molecule has 1 heterocycles. The highest BCUT2D eigenvalue weighted by Gasteiger charge is 2.24. The lowest BCUT2D eigenvalue weighted by Crippen LogP contribution is -2.11. The van der Waals surface area contributed by atoms with Crippen molar-refractivity contribution in [2.24, 2.45) is 0 Å². The normalized spacial score (nSPS) is 12.1. The van der Waals surface area contributed by atoms with E-state index in [1.807, 2.05) is 24.3 Å². The number of aromatic amines is 1. The van der Waals surface area contributed by atoms with Gasteiger partial charge in [-0.2, -0.15) is 10.3 Å². The van der Waals surface area contributed by atoms with Gasteiger partial charge in [0, 0.05) is 4.47 Å². The fourth-order valence-corrected chi connectivity index (χ4v) is 2.74. The third-order valence-electron chi connectivity index (χ3n) is 2.20. The molecule has 0 aliphatic carbocycles. The first-order chi connectivity index (χ1) is 8.70. The first-order valence-electron chi connectivity index (χ1n) is 5.06. The van der Waals surface area contributed by atoms with Crippen LogP contribution in [0.3, 0.4) is 0 Å². The second-order valence-corrected chi connectivity index (χ2v) is 5.43. The molecule has 1 N–H and O–H groups in total. The molecule has 94 valence electrons. The Morgan fingerprint density at radius 3 is 3.00 bits per heavy atom. The Kier molecular flexibility index (Phi) is 4.38. The van der Waals surface area contributed by atoms with Crippen molar-refractivity contribution >= 4 is 33.7 Å². The van der Waals surface area contributed by atoms with Crippen LogP contribution in [0.2, 0.25) is 0 Å². The summed E-state index contributed by atoms with van der Waals surface area (Å²) >= 11 is 4.67. The quantitative estimate of drug-likeness (QED) is 0.690. The molecule has 18 heavy (non-hydrogen) atoms. The van der Waals surface area contributed by atoms with Crippen molar-refractivity contribution in [3.63, 3.8) is 0 Å². The lowest BCUT2D eigenvalue weighted by atomic mass is 10.1. The van der Waals surface area contributed by atoms with Crippen molar-refractivity contribution in [1.82, 2.24) is 15.4 Å². The number of ether oxygens (including phenoxy) is 1. The number of benzene rings is 1. The summed E-state index contributed by atoms with van der Waals surface area (Å²) in [7, 11) is 1.37. The van der Waals surface area contributed by atoms with Gasteiger partial charge < -0.3 is 4.74 Å². The zero-order valence-corrected chi connectivity index (χ0v) is 11.9. The average Bonchev–Trinajstić information content (AvgIpc) is 2.88. The minimum atomic E-state index is -0.461. The number of rotatable bonds is 4. The van der Waals surface area contributed by atoms with Crippen molar-refractivity contribution in [2.75, 3.05) is 7.11 Å². The number of aromatic nitrogens is 3. The highest BCUT2D eigenvalue weighted by Crippen LogP contribution is 2.35. The number of H-pyrrole nitrogens is 1. The summed E-state index contributed by atoms with van der Waals surface area (Å²) in [6.45, 7) is 0. The lowest BCUT2D eigenvalue weighted by molar-refractivity contribution is -0.140. The summed E-state index contributed by atoms with van der Waals surface area (Å²) in [4.78, 5) is 11.8. The molecule has 2 rings (SSSR count). The number of methoxy groups -OCH3 is 1. The van der Waals surface area contributed by atoms with Gasteiger partial charge in [-0.1, -0.05) is 39.8 Å². The first kappa shape index (κ1) is 13.1. The molecule has 0 fully saturated rings. The number of carbonyl (C=O) groups is 1. The topological polar surface area (TPSA) is 67.9 Å². The molecule has 7 heteroatoms. The minimum absolute atomic E-state index is 0.318. The molecule has 0 amide bonds. The van der Waals surface area contributed by atoms with Crippen molar-refractivity contribution < 1.29 is 9.53 Å². The minimum Gasteiger partial charge on any atom is -0.468 e. The van der Waals surface area contributed by atoms with Crippen LogP contribution in [0.5, 0.6) is 0 Å². The molecule has 2 aromatic rings. The molecule has 0 saturated heterocycles. The SMILES string of the molecule is COC(=O)[C@@H](Sc1cn[nH]n1)c1cccc(Br)c1. The molecule has 0 spiro atoms. The van der Waals surface area contributed by atoms with Crippen molar-refractivity contribution in [2.45, 2.75) is 10.3 Å². The van der Waals surface area contributed by atoms with Gasteiger partial charge >= 0.3 is 5.97 Å². The Morgan fingerprint density at radius 2 is 2.39 bits per heavy atom. The summed E-state index contributed by atoms with van der Waals surface area (Å²) in [5, 5.41) is 10.3. The van der Waals surface area contributed by atoms with E-state index in [2.05, 4.69) is 31.3 Å². The maximum Gasteiger partial charge on any atom is 0.323 e. The van der Waals surface area contributed by atoms with Gasteiger partial charge in [0.2, 0.25) is 0 Å². The summed E-state index contributed by atoms with van der Waals surface area (Å²) in [6, 6.07) is 7.53. The van der Waals surface area contributed by atoms with E-state index in [4.69, 9.17) is 4.74 Å². The maximum absolute atomic E-state index is 11.8. The number of halogens is 1. The van der Waals surface area contributed by atoms with E-state index in [0.717, 1.165) is 10.0 Å². The number of hydrogen-bond acceptors (Lipinski definition) is 5. The summed E-state index contributed by atoms with van der Waals surface area (Å²) in [5.41, 5.74) is 0.851. The van der Waals surface area contributed by atoms with Crippen LogP contribution < -0.4 is 0 Å². The van der Waals surface area contributed by atoms with Crippen molar-refractivity contribution in [3.05, 3.63) is 40.5 Å². The smallest absolute Gasteiger partial charge is 0.323 e. The lowest BCUT2D eigenvalue weighted by Gasteiger charge is -2.13.